The number of ketones is 1. The summed E-state index contributed by atoms with van der Waals surface area (Å²) in [5.41, 5.74) is 0. The number of rotatable bonds is 33. The molecule has 8 atom stereocenters. The largest absolute Gasteiger partial charge is 0.472 e. The summed E-state index contributed by atoms with van der Waals surface area (Å²) in [7, 11) is 0. The number of carboxylic acid groups (broad SMARTS) is 1. The van der Waals surface area contributed by atoms with Crippen molar-refractivity contribution in [2.45, 2.75) is 209 Å². The fraction of sp³-hybridized carbons (Fsp3) is 0.702. The minimum Gasteiger partial charge on any atom is -0.472 e. The number of aliphatic hydroxyl groups is 8. The summed E-state index contributed by atoms with van der Waals surface area (Å²) in [6.07, 6.45) is 23.9. The van der Waals surface area contributed by atoms with E-state index in [9.17, 15) is 50.4 Å². The molecule has 0 aliphatic heterocycles. The van der Waals surface area contributed by atoms with Gasteiger partial charge in [0.1, 0.15) is 24.1 Å². The first-order chi connectivity index (χ1) is 27.8. The summed E-state index contributed by atoms with van der Waals surface area (Å²) in [6, 6.07) is 0. The molecule has 8 unspecified atom stereocenters. The first kappa shape index (κ1) is 54.5. The molecule has 11 nitrogen and oxygen atoms in total. The SMILES string of the molecule is C#CC(O)C=CC(O)CCCC(O)CC#CC(O)C#CC(O)CCCC(O)C=CCCCC(=O)CCCCCCCCCCCCCCCC(O)C(O)C#CC(=O)O. The molecule has 0 heterocycles. The Labute approximate surface area is 348 Å². The zero-order chi connectivity index (χ0) is 43.2. The molecule has 0 saturated heterocycles. The van der Waals surface area contributed by atoms with Crippen LogP contribution in [0.15, 0.2) is 24.3 Å². The van der Waals surface area contributed by atoms with Crippen LogP contribution in [0.4, 0.5) is 0 Å². The fourth-order valence-electron chi connectivity index (χ4n) is 6.03. The van der Waals surface area contributed by atoms with Crippen LogP contribution in [0.2, 0.25) is 0 Å². The highest BCUT2D eigenvalue weighted by atomic mass is 16.4. The number of terminal acetylenes is 1. The Morgan fingerprint density at radius 2 is 1.10 bits per heavy atom. The highest BCUT2D eigenvalue weighted by Gasteiger charge is 2.13. The molecule has 0 bridgehead atoms. The number of aliphatic carboxylic acids is 1. The molecule has 0 aromatic heterocycles. The van der Waals surface area contributed by atoms with Crippen LogP contribution in [0.3, 0.4) is 0 Å². The monoisotopic (exact) mass is 813 g/mol. The number of hydrogen-bond donors (Lipinski definition) is 9. The van der Waals surface area contributed by atoms with E-state index in [1.807, 2.05) is 12.0 Å². The van der Waals surface area contributed by atoms with Gasteiger partial charge in [0, 0.05) is 25.2 Å². The van der Waals surface area contributed by atoms with Crippen molar-refractivity contribution < 1.29 is 55.5 Å². The van der Waals surface area contributed by atoms with Gasteiger partial charge in [-0.3, -0.25) is 4.79 Å². The predicted molar refractivity (Wildman–Crippen MR) is 227 cm³/mol. The van der Waals surface area contributed by atoms with Gasteiger partial charge < -0.3 is 46.0 Å². The Morgan fingerprint density at radius 3 is 1.71 bits per heavy atom. The van der Waals surface area contributed by atoms with Crippen LogP contribution in [-0.2, 0) is 9.59 Å². The van der Waals surface area contributed by atoms with Gasteiger partial charge in [-0.2, -0.15) is 0 Å². The molecule has 9 N–H and O–H groups in total. The first-order valence-corrected chi connectivity index (χ1v) is 21.3. The van der Waals surface area contributed by atoms with Crippen molar-refractivity contribution in [3.63, 3.8) is 0 Å². The average Bonchev–Trinajstić information content (AvgIpc) is 3.19. The Bertz CT molecular complexity index is 1370. The summed E-state index contributed by atoms with van der Waals surface area (Å²) in [4.78, 5) is 22.6. The maximum absolute atomic E-state index is 12.2. The molecule has 0 fully saturated rings. The fourth-order valence-corrected chi connectivity index (χ4v) is 6.03. The normalized spacial score (nSPS) is 15.4. The van der Waals surface area contributed by atoms with Crippen molar-refractivity contribution in [2.24, 2.45) is 0 Å². The molecule has 0 spiro atoms. The number of hydrogen-bond acceptors (Lipinski definition) is 10. The number of carbonyl (C=O) groups excluding carboxylic acids is 1. The summed E-state index contributed by atoms with van der Waals surface area (Å²) in [5, 5.41) is 87.2. The quantitative estimate of drug-likeness (QED) is 0.0243. The number of carbonyl (C=O) groups is 2. The molecule has 58 heavy (non-hydrogen) atoms. The topological polar surface area (TPSA) is 216 Å². The lowest BCUT2D eigenvalue weighted by molar-refractivity contribution is -0.130. The highest BCUT2D eigenvalue weighted by Crippen LogP contribution is 2.15. The van der Waals surface area contributed by atoms with E-state index in [0.717, 1.165) is 57.8 Å². The maximum Gasteiger partial charge on any atom is 0.381 e. The van der Waals surface area contributed by atoms with Gasteiger partial charge >= 0.3 is 5.97 Å². The van der Waals surface area contributed by atoms with Crippen molar-refractivity contribution in [3.05, 3.63) is 24.3 Å². The third-order valence-corrected chi connectivity index (χ3v) is 9.50. The van der Waals surface area contributed by atoms with E-state index in [1.54, 1.807) is 6.08 Å². The van der Waals surface area contributed by atoms with E-state index in [2.05, 4.69) is 35.5 Å². The highest BCUT2D eigenvalue weighted by molar-refractivity contribution is 5.86. The smallest absolute Gasteiger partial charge is 0.381 e. The lowest BCUT2D eigenvalue weighted by Gasteiger charge is -2.12. The molecule has 0 amide bonds. The summed E-state index contributed by atoms with van der Waals surface area (Å²) < 4.78 is 0. The lowest BCUT2D eigenvalue weighted by atomic mass is 10.0. The van der Waals surface area contributed by atoms with Gasteiger partial charge in [0.25, 0.3) is 0 Å². The van der Waals surface area contributed by atoms with Crippen LogP contribution in [-0.4, -0.2) is 107 Å². The molecule has 0 aliphatic rings. The average molecular weight is 813 g/mol. The van der Waals surface area contributed by atoms with E-state index in [0.29, 0.717) is 57.8 Å². The number of allylic oxidation sites excluding steroid dienone is 1. The van der Waals surface area contributed by atoms with Gasteiger partial charge in [-0.25, -0.2) is 4.79 Å². The number of carboxylic acids is 1. The molecule has 11 heteroatoms. The maximum atomic E-state index is 12.2. The van der Waals surface area contributed by atoms with E-state index in [-0.39, 0.29) is 12.2 Å². The molecule has 0 aliphatic carbocycles. The Morgan fingerprint density at radius 1 is 0.552 bits per heavy atom. The van der Waals surface area contributed by atoms with Gasteiger partial charge in [0.15, 0.2) is 6.10 Å². The summed E-state index contributed by atoms with van der Waals surface area (Å²) >= 11 is 0. The Balaban J connectivity index is 3.77. The van der Waals surface area contributed by atoms with Gasteiger partial charge in [-0.1, -0.05) is 131 Å². The van der Waals surface area contributed by atoms with Crippen LogP contribution in [0, 0.1) is 47.9 Å². The molecule has 0 rings (SSSR count). The van der Waals surface area contributed by atoms with Crippen LogP contribution in [0.1, 0.15) is 161 Å². The van der Waals surface area contributed by atoms with E-state index < -0.39 is 54.8 Å². The van der Waals surface area contributed by atoms with E-state index in [4.69, 9.17) is 11.5 Å². The molecule has 0 aromatic carbocycles. The predicted octanol–water partition coefficient (Wildman–Crippen LogP) is 5.04. The zero-order valence-electron chi connectivity index (χ0n) is 34.5. The molecule has 326 valence electrons. The number of aliphatic hydroxyl groups excluding tert-OH is 8. The van der Waals surface area contributed by atoms with Crippen molar-refractivity contribution >= 4 is 11.8 Å². The Hall–Kier alpha value is -3.46. The van der Waals surface area contributed by atoms with Gasteiger partial charge in [0.05, 0.1) is 24.4 Å². The van der Waals surface area contributed by atoms with Crippen LogP contribution in [0.5, 0.6) is 0 Å². The van der Waals surface area contributed by atoms with Gasteiger partial charge in [-0.05, 0) is 70.3 Å². The second-order valence-electron chi connectivity index (χ2n) is 15.0. The zero-order valence-corrected chi connectivity index (χ0v) is 34.5. The molecule has 0 saturated carbocycles. The third kappa shape index (κ3) is 36.9. The molecule has 0 radical (unpaired) electrons. The number of Topliss-reactive ketones (excluding diaryl/α,β-unsaturated/α-hetero) is 1. The third-order valence-electron chi connectivity index (χ3n) is 9.50. The van der Waals surface area contributed by atoms with E-state index >= 15 is 0 Å². The second-order valence-corrected chi connectivity index (χ2v) is 15.0. The van der Waals surface area contributed by atoms with Crippen LogP contribution < -0.4 is 0 Å². The van der Waals surface area contributed by atoms with Crippen LogP contribution in [0.25, 0.3) is 0 Å². The van der Waals surface area contributed by atoms with Crippen molar-refractivity contribution in [1.29, 1.82) is 0 Å². The number of unbranched alkanes of at least 4 members (excludes halogenated alkanes) is 13. The first-order valence-electron chi connectivity index (χ1n) is 21.3. The van der Waals surface area contributed by atoms with E-state index in [1.165, 1.54) is 50.7 Å². The molecule has 0 aromatic rings. The van der Waals surface area contributed by atoms with Crippen molar-refractivity contribution in [2.75, 3.05) is 0 Å². The minimum atomic E-state index is -1.32. The molecular weight excluding hydrogens is 741 g/mol. The van der Waals surface area contributed by atoms with Gasteiger partial charge in [-0.15, -0.1) is 6.42 Å². The summed E-state index contributed by atoms with van der Waals surface area (Å²) in [5.74, 6) is 15.3. The molecular formula is C47H72O11. The van der Waals surface area contributed by atoms with Crippen molar-refractivity contribution in [1.82, 2.24) is 0 Å². The minimum absolute atomic E-state index is 0.128. The van der Waals surface area contributed by atoms with Crippen LogP contribution >= 0.6 is 0 Å². The standard InChI is InChI=1S/C47H72O11/c1-2-38(48)32-33-42(52)28-20-26-41(51)27-21-30-44(54)35-34-43(53)29-19-25-40(50)24-17-14-16-23-39(49)22-15-12-10-8-6-4-3-5-7-9-11-13-18-31-45(55)46(56)36-37-47(57)58/h1,17,24,32-33,38,40-46,48,50-56H,3-16,18-20,22-23,25-29,31H2,(H,57,58). The summed E-state index contributed by atoms with van der Waals surface area (Å²) in [6.45, 7) is 0. The second kappa shape index (κ2) is 37.8. The van der Waals surface area contributed by atoms with Crippen molar-refractivity contribution in [3.8, 4) is 47.9 Å². The lowest BCUT2D eigenvalue weighted by Crippen LogP contribution is -2.24. The van der Waals surface area contributed by atoms with Gasteiger partial charge in [0.2, 0.25) is 0 Å². The Kier molecular flexibility index (Phi) is 35.5.